The number of aromatic nitrogens is 6. The molecule has 4 rings (SSSR count). The normalized spacial score (nSPS) is 12.4. The summed E-state index contributed by atoms with van der Waals surface area (Å²) in [4.78, 5) is 17.6. The molecule has 0 saturated carbocycles. The van der Waals surface area contributed by atoms with Crippen molar-refractivity contribution in [3.05, 3.63) is 59.6 Å². The highest BCUT2D eigenvalue weighted by Gasteiger charge is 2.17. The van der Waals surface area contributed by atoms with Crippen molar-refractivity contribution in [2.45, 2.75) is 13.0 Å². The maximum atomic E-state index is 12.4. The predicted octanol–water partition coefficient (Wildman–Crippen LogP) is 1.86. The molecule has 0 aliphatic carbocycles. The summed E-state index contributed by atoms with van der Waals surface area (Å²) >= 11 is 1.44. The Morgan fingerprint density at radius 2 is 2.08 bits per heavy atom. The molecule has 24 heavy (non-hydrogen) atoms. The minimum atomic E-state index is -0.297. The number of nitrogens with one attached hydrogen (secondary N) is 1. The Morgan fingerprint density at radius 1 is 1.25 bits per heavy atom. The zero-order valence-corrected chi connectivity index (χ0v) is 13.5. The smallest absolute Gasteiger partial charge is 0.274 e. The Balaban J connectivity index is 1.50. The number of benzene rings is 1. The minimum Gasteiger partial charge on any atom is -0.342 e. The number of carbonyl (C=O) groups is 1. The third-order valence-corrected chi connectivity index (χ3v) is 4.23. The van der Waals surface area contributed by atoms with Crippen LogP contribution < -0.4 is 5.32 Å². The number of amides is 1. The maximum Gasteiger partial charge on any atom is 0.274 e. The van der Waals surface area contributed by atoms with Crippen molar-refractivity contribution in [3.8, 4) is 5.69 Å². The van der Waals surface area contributed by atoms with E-state index in [0.29, 0.717) is 0 Å². The molecule has 0 radical (unpaired) electrons. The Labute approximate surface area is 140 Å². The number of nitrogens with zero attached hydrogens (tertiary/aromatic N) is 6. The van der Waals surface area contributed by atoms with Crippen LogP contribution in [0.1, 0.15) is 29.1 Å². The molecule has 1 N–H and O–H groups in total. The summed E-state index contributed by atoms with van der Waals surface area (Å²) in [7, 11) is 0. The van der Waals surface area contributed by atoms with Gasteiger partial charge >= 0.3 is 0 Å². The lowest BCUT2D eigenvalue weighted by molar-refractivity contribution is 0.0934. The molecule has 0 aliphatic rings. The number of para-hydroxylation sites is 1. The van der Waals surface area contributed by atoms with E-state index >= 15 is 0 Å². The number of fused-ring (bicyclic) bond motifs is 1. The molecule has 1 atom stereocenters. The van der Waals surface area contributed by atoms with Gasteiger partial charge in [0.25, 0.3) is 5.91 Å². The molecule has 1 amide bonds. The van der Waals surface area contributed by atoms with Crippen LogP contribution in [0.5, 0.6) is 0 Å². The van der Waals surface area contributed by atoms with Crippen LogP contribution in [-0.4, -0.2) is 35.5 Å². The van der Waals surface area contributed by atoms with Crippen molar-refractivity contribution >= 4 is 22.2 Å². The lowest BCUT2D eigenvalue weighted by Gasteiger charge is -2.09. The summed E-state index contributed by atoms with van der Waals surface area (Å²) in [6.07, 6.45) is 3.41. The predicted molar refractivity (Wildman–Crippen MR) is 88.1 cm³/mol. The average Bonchev–Trinajstić information content (AvgIpc) is 3.31. The van der Waals surface area contributed by atoms with E-state index in [1.165, 1.54) is 11.3 Å². The van der Waals surface area contributed by atoms with Gasteiger partial charge in [-0.15, -0.1) is 5.10 Å². The van der Waals surface area contributed by atoms with Gasteiger partial charge in [0, 0.05) is 0 Å². The van der Waals surface area contributed by atoms with Crippen LogP contribution in [0.3, 0.4) is 0 Å². The van der Waals surface area contributed by atoms with E-state index in [9.17, 15) is 4.79 Å². The van der Waals surface area contributed by atoms with Crippen molar-refractivity contribution < 1.29 is 4.79 Å². The molecular formula is C15H13N7OS. The van der Waals surface area contributed by atoms with Gasteiger partial charge in [-0.3, -0.25) is 4.79 Å². The molecule has 8 nitrogen and oxygen atoms in total. The van der Waals surface area contributed by atoms with Gasteiger partial charge in [-0.25, -0.2) is 14.2 Å². The number of imidazole rings is 1. The Bertz CT molecular complexity index is 959. The first kappa shape index (κ1) is 14.5. The molecular weight excluding hydrogens is 326 g/mol. The molecule has 120 valence electrons. The zero-order valence-electron chi connectivity index (χ0n) is 12.7. The summed E-state index contributed by atoms with van der Waals surface area (Å²) < 4.78 is 3.25. The fourth-order valence-electron chi connectivity index (χ4n) is 2.28. The van der Waals surface area contributed by atoms with Crippen molar-refractivity contribution in [2.75, 3.05) is 0 Å². The van der Waals surface area contributed by atoms with Crippen LogP contribution >= 0.6 is 11.3 Å². The summed E-state index contributed by atoms with van der Waals surface area (Å²) in [5.74, 6) is -0.297. The number of rotatable bonds is 4. The van der Waals surface area contributed by atoms with E-state index in [2.05, 4.69) is 25.7 Å². The van der Waals surface area contributed by atoms with Gasteiger partial charge in [0.2, 0.25) is 4.96 Å². The van der Waals surface area contributed by atoms with Gasteiger partial charge in [0.05, 0.1) is 29.8 Å². The second-order valence-electron chi connectivity index (χ2n) is 5.21. The third kappa shape index (κ3) is 2.65. The molecule has 0 bridgehead atoms. The first-order chi connectivity index (χ1) is 11.7. The van der Waals surface area contributed by atoms with Crippen LogP contribution in [0.2, 0.25) is 0 Å². The van der Waals surface area contributed by atoms with E-state index in [0.717, 1.165) is 16.3 Å². The Kier molecular flexibility index (Phi) is 3.54. The lowest BCUT2D eigenvalue weighted by atomic mass is 10.2. The molecule has 1 aromatic carbocycles. The van der Waals surface area contributed by atoms with E-state index < -0.39 is 0 Å². The number of carbonyl (C=O) groups excluding carboxylic acids is 1. The van der Waals surface area contributed by atoms with Crippen molar-refractivity contribution in [1.29, 1.82) is 0 Å². The summed E-state index contributed by atoms with van der Waals surface area (Å²) in [5, 5.41) is 14.9. The van der Waals surface area contributed by atoms with E-state index in [1.807, 2.05) is 37.3 Å². The molecule has 0 fully saturated rings. The highest BCUT2D eigenvalue weighted by atomic mass is 32.1. The second-order valence-corrected chi connectivity index (χ2v) is 6.02. The van der Waals surface area contributed by atoms with E-state index in [-0.39, 0.29) is 17.6 Å². The molecule has 0 unspecified atom stereocenters. The minimum absolute atomic E-state index is 0.254. The quantitative estimate of drug-likeness (QED) is 0.613. The van der Waals surface area contributed by atoms with Crippen LogP contribution in [0.4, 0.5) is 0 Å². The van der Waals surface area contributed by atoms with Crippen LogP contribution in [0, 0.1) is 0 Å². The summed E-state index contributed by atoms with van der Waals surface area (Å²) in [5.41, 5.74) is 3.57. The van der Waals surface area contributed by atoms with Gasteiger partial charge in [-0.1, -0.05) is 34.7 Å². The molecule has 3 aromatic heterocycles. The highest BCUT2D eigenvalue weighted by molar-refractivity contribution is 7.14. The van der Waals surface area contributed by atoms with Crippen LogP contribution in [0.25, 0.3) is 10.6 Å². The zero-order chi connectivity index (χ0) is 16.5. The van der Waals surface area contributed by atoms with E-state index in [4.69, 9.17) is 0 Å². The monoisotopic (exact) mass is 339 g/mol. The van der Waals surface area contributed by atoms with E-state index in [1.54, 1.807) is 27.1 Å². The van der Waals surface area contributed by atoms with Gasteiger partial charge in [0.1, 0.15) is 5.51 Å². The highest BCUT2D eigenvalue weighted by Crippen LogP contribution is 2.15. The van der Waals surface area contributed by atoms with Gasteiger partial charge in [-0.05, 0) is 19.1 Å². The van der Waals surface area contributed by atoms with Crippen molar-refractivity contribution in [3.63, 3.8) is 0 Å². The number of hydrogen-bond acceptors (Lipinski definition) is 6. The Morgan fingerprint density at radius 3 is 2.88 bits per heavy atom. The maximum absolute atomic E-state index is 12.4. The molecule has 9 heteroatoms. The van der Waals surface area contributed by atoms with Gasteiger partial charge in [-0.2, -0.15) is 5.10 Å². The van der Waals surface area contributed by atoms with Gasteiger partial charge in [0.15, 0.2) is 5.69 Å². The largest absolute Gasteiger partial charge is 0.342 e. The fraction of sp³-hybridized carbons (Fsp3) is 0.133. The van der Waals surface area contributed by atoms with Crippen LogP contribution in [0.15, 0.2) is 48.2 Å². The molecule has 3 heterocycles. The Hall–Kier alpha value is -3.07. The molecule has 0 aliphatic heterocycles. The summed E-state index contributed by atoms with van der Waals surface area (Å²) in [6.45, 7) is 1.87. The van der Waals surface area contributed by atoms with Crippen molar-refractivity contribution in [1.82, 2.24) is 34.9 Å². The standard InChI is InChI=1S/C15H13N7OS/c1-10(12-7-22-15(18-12)24-9-16-22)17-14(23)13-8-21(20-19-13)11-5-3-2-4-6-11/h2-10H,1H3,(H,17,23)/t10-/m1/s1. The molecule has 0 spiro atoms. The fourth-order valence-corrected chi connectivity index (χ4v) is 2.89. The van der Waals surface area contributed by atoms with Gasteiger partial charge < -0.3 is 5.32 Å². The second kappa shape index (κ2) is 5.85. The average molecular weight is 339 g/mol. The SMILES string of the molecule is C[C@@H](NC(=O)c1cn(-c2ccccc2)nn1)c1cn2ncsc2n1. The first-order valence-corrected chi connectivity index (χ1v) is 8.16. The first-order valence-electron chi connectivity index (χ1n) is 7.28. The topological polar surface area (TPSA) is 90.0 Å². The van der Waals surface area contributed by atoms with Crippen molar-refractivity contribution in [2.24, 2.45) is 0 Å². The van der Waals surface area contributed by atoms with Crippen LogP contribution in [-0.2, 0) is 0 Å². The lowest BCUT2D eigenvalue weighted by Crippen LogP contribution is -2.27. The summed E-state index contributed by atoms with van der Waals surface area (Å²) in [6, 6.07) is 9.25. The number of hydrogen-bond donors (Lipinski definition) is 1. The third-order valence-electron chi connectivity index (χ3n) is 3.54. The molecule has 0 saturated heterocycles. The molecule has 4 aromatic rings.